The van der Waals surface area contributed by atoms with Gasteiger partial charge in [-0.3, -0.25) is 4.79 Å². The van der Waals surface area contributed by atoms with E-state index in [9.17, 15) is 10.0 Å². The molecule has 0 unspecified atom stereocenters. The minimum Gasteiger partial charge on any atom is -0.619 e. The predicted molar refractivity (Wildman–Crippen MR) is 185 cm³/mol. The summed E-state index contributed by atoms with van der Waals surface area (Å²) in [7, 11) is 0. The monoisotopic (exact) mass is 611 g/mol. The van der Waals surface area contributed by atoms with E-state index in [1.165, 1.54) is 22.3 Å². The highest BCUT2D eigenvalue weighted by atomic mass is 16.5. The molecule has 242 valence electrons. The molecule has 1 atom stereocenters. The molecule has 0 bridgehead atoms. The van der Waals surface area contributed by atoms with Crippen LogP contribution >= 0.6 is 0 Å². The van der Waals surface area contributed by atoms with E-state index in [-0.39, 0.29) is 11.8 Å². The van der Waals surface area contributed by atoms with Gasteiger partial charge in [-0.1, -0.05) is 51.8 Å². The van der Waals surface area contributed by atoms with Crippen molar-refractivity contribution in [2.24, 2.45) is 11.8 Å². The first-order valence-corrected chi connectivity index (χ1v) is 16.5. The molecule has 2 N–H and O–H groups in total. The number of rotatable bonds is 13. The van der Waals surface area contributed by atoms with Crippen molar-refractivity contribution in [2.75, 3.05) is 26.2 Å². The number of nitrogens with one attached hydrogen (secondary N) is 2. The van der Waals surface area contributed by atoms with E-state index in [0.717, 1.165) is 70.7 Å². The van der Waals surface area contributed by atoms with E-state index in [1.54, 1.807) is 12.4 Å². The van der Waals surface area contributed by atoms with Crippen LogP contribution in [-0.2, 0) is 16.6 Å². The molecule has 1 amide bonds. The largest absolute Gasteiger partial charge is 0.619 e. The lowest BCUT2D eigenvalue weighted by Gasteiger charge is -2.34. The zero-order chi connectivity index (χ0) is 33.1. The molecule has 0 aliphatic heterocycles. The SMILES string of the molecule is Cc1cc(C)cc(-c2[nH]c3ncc(C(C)(C)C(=O)N(CC(C)C)CC(C)C)cc3c2[C@H](C)CNCCc2cc[n+]([O-])cc2C)c1. The fraction of sp³-hybridized carbons (Fsp3) is 0.500. The molecular weight excluding hydrogens is 558 g/mol. The van der Waals surface area contributed by atoms with Crippen molar-refractivity contribution < 1.29 is 9.52 Å². The van der Waals surface area contributed by atoms with Crippen LogP contribution in [0.4, 0.5) is 0 Å². The smallest absolute Gasteiger partial charge is 0.232 e. The maximum absolute atomic E-state index is 14.1. The van der Waals surface area contributed by atoms with Crippen LogP contribution in [0, 0.1) is 37.8 Å². The lowest BCUT2D eigenvalue weighted by molar-refractivity contribution is -0.605. The van der Waals surface area contributed by atoms with Gasteiger partial charge in [0.2, 0.25) is 5.91 Å². The number of aromatic amines is 1. The van der Waals surface area contributed by atoms with Gasteiger partial charge in [-0.05, 0) is 106 Å². The molecule has 0 aliphatic rings. The van der Waals surface area contributed by atoms with Crippen LogP contribution in [0.2, 0.25) is 0 Å². The van der Waals surface area contributed by atoms with Gasteiger partial charge in [0.05, 0.1) is 11.1 Å². The highest BCUT2D eigenvalue weighted by Gasteiger charge is 2.35. The Morgan fingerprint density at radius 2 is 1.67 bits per heavy atom. The molecule has 0 aliphatic carbocycles. The Balaban J connectivity index is 1.70. The topological polar surface area (TPSA) is 88.0 Å². The second kappa shape index (κ2) is 14.2. The number of nitrogens with zero attached hydrogens (tertiary/aromatic N) is 3. The summed E-state index contributed by atoms with van der Waals surface area (Å²) in [5.41, 5.74) is 9.10. The first-order chi connectivity index (χ1) is 21.2. The molecule has 3 heterocycles. The number of H-pyrrole nitrogens is 1. The number of amides is 1. The zero-order valence-electron chi connectivity index (χ0n) is 29.0. The maximum Gasteiger partial charge on any atom is 0.232 e. The van der Waals surface area contributed by atoms with Crippen molar-refractivity contribution in [1.29, 1.82) is 0 Å². The predicted octanol–water partition coefficient (Wildman–Crippen LogP) is 7.14. The Morgan fingerprint density at radius 3 is 2.27 bits per heavy atom. The third-order valence-electron chi connectivity index (χ3n) is 8.68. The van der Waals surface area contributed by atoms with E-state index in [2.05, 4.69) is 83.0 Å². The second-order valence-electron chi connectivity index (χ2n) is 14.4. The number of pyridine rings is 2. The van der Waals surface area contributed by atoms with Crippen LogP contribution in [0.3, 0.4) is 0 Å². The first kappa shape index (κ1) is 34.2. The van der Waals surface area contributed by atoms with Gasteiger partial charge in [-0.2, -0.15) is 4.73 Å². The molecule has 0 saturated carbocycles. The van der Waals surface area contributed by atoms with Crippen molar-refractivity contribution in [1.82, 2.24) is 20.2 Å². The van der Waals surface area contributed by atoms with Crippen LogP contribution in [0.1, 0.15) is 87.8 Å². The van der Waals surface area contributed by atoms with Gasteiger partial charge in [0.15, 0.2) is 12.4 Å². The van der Waals surface area contributed by atoms with Crippen molar-refractivity contribution >= 4 is 16.9 Å². The summed E-state index contributed by atoms with van der Waals surface area (Å²) in [5.74, 6) is 1.10. The van der Waals surface area contributed by atoms with Crippen LogP contribution in [0.15, 0.2) is 48.9 Å². The Hall–Kier alpha value is -3.71. The Labute approximate surface area is 270 Å². The average molecular weight is 612 g/mol. The van der Waals surface area contributed by atoms with E-state index < -0.39 is 5.41 Å². The highest BCUT2D eigenvalue weighted by molar-refractivity contribution is 5.92. The summed E-state index contributed by atoms with van der Waals surface area (Å²) in [6, 6.07) is 10.8. The third-order valence-corrected chi connectivity index (χ3v) is 8.68. The number of carbonyl (C=O) groups excluding carboxylic acids is 1. The summed E-state index contributed by atoms with van der Waals surface area (Å²) in [6.07, 6.45) is 5.92. The van der Waals surface area contributed by atoms with Gasteiger partial charge in [-0.25, -0.2) is 4.98 Å². The minimum absolute atomic E-state index is 0.145. The van der Waals surface area contributed by atoms with E-state index in [4.69, 9.17) is 4.98 Å². The molecule has 7 heteroatoms. The lowest BCUT2D eigenvalue weighted by atomic mass is 9.82. The lowest BCUT2D eigenvalue weighted by Crippen LogP contribution is -2.46. The standard InChI is InChI=1S/C38H53N5O2/c1-24(2)21-42(22-25(3)4)37(44)38(9,10)32-18-33-34(28(7)19-39-13-11-30-12-14-43(45)23-29(30)8)35(41-36(33)40-20-32)31-16-26(5)15-27(6)17-31/h12,14-18,20,23-25,28,39H,11,13,19,21-22H2,1-10H3,(H,40,41)/t28-/m1/s1. The van der Waals surface area contributed by atoms with E-state index >= 15 is 0 Å². The Morgan fingerprint density at radius 1 is 1.02 bits per heavy atom. The Kier molecular flexibility index (Phi) is 10.7. The van der Waals surface area contributed by atoms with Crippen LogP contribution in [0.5, 0.6) is 0 Å². The Bertz CT molecular complexity index is 1600. The number of aryl methyl sites for hydroxylation is 3. The van der Waals surface area contributed by atoms with Crippen LogP contribution in [0.25, 0.3) is 22.3 Å². The number of fused-ring (bicyclic) bond motifs is 1. The molecule has 45 heavy (non-hydrogen) atoms. The number of hydrogen-bond acceptors (Lipinski definition) is 4. The van der Waals surface area contributed by atoms with E-state index in [1.807, 2.05) is 37.9 Å². The minimum atomic E-state index is -0.725. The molecule has 0 saturated heterocycles. The number of aromatic nitrogens is 3. The van der Waals surface area contributed by atoms with Crippen LogP contribution in [-0.4, -0.2) is 47.0 Å². The summed E-state index contributed by atoms with van der Waals surface area (Å²) in [6.45, 7) is 24.3. The van der Waals surface area contributed by atoms with Gasteiger partial charge < -0.3 is 20.4 Å². The fourth-order valence-corrected chi connectivity index (χ4v) is 6.47. The molecule has 7 nitrogen and oxygen atoms in total. The fourth-order valence-electron chi connectivity index (χ4n) is 6.47. The second-order valence-corrected chi connectivity index (χ2v) is 14.4. The first-order valence-electron chi connectivity index (χ1n) is 16.5. The number of hydrogen-bond donors (Lipinski definition) is 2. The summed E-state index contributed by atoms with van der Waals surface area (Å²) in [5, 5.41) is 16.3. The zero-order valence-corrected chi connectivity index (χ0v) is 29.0. The molecule has 0 spiro atoms. The van der Waals surface area contributed by atoms with Gasteiger partial charge in [-0.15, -0.1) is 0 Å². The summed E-state index contributed by atoms with van der Waals surface area (Å²) >= 11 is 0. The van der Waals surface area contributed by atoms with E-state index in [0.29, 0.717) is 11.8 Å². The molecule has 1 aromatic carbocycles. The van der Waals surface area contributed by atoms with Gasteiger partial charge >= 0.3 is 0 Å². The molecular formula is C38H53N5O2. The average Bonchev–Trinajstić information content (AvgIpc) is 3.33. The maximum atomic E-state index is 14.1. The highest BCUT2D eigenvalue weighted by Crippen LogP contribution is 2.38. The van der Waals surface area contributed by atoms with Crippen LogP contribution < -0.4 is 10.0 Å². The van der Waals surface area contributed by atoms with Crippen molar-refractivity contribution in [3.05, 3.63) is 87.5 Å². The molecule has 0 radical (unpaired) electrons. The molecule has 4 aromatic rings. The quantitative estimate of drug-likeness (QED) is 0.0956. The molecule has 3 aromatic heterocycles. The van der Waals surface area contributed by atoms with Crippen molar-refractivity contribution in [2.45, 2.75) is 87.0 Å². The molecule has 4 rings (SSSR count). The third kappa shape index (κ3) is 8.12. The van der Waals surface area contributed by atoms with Gasteiger partial charge in [0.25, 0.3) is 0 Å². The molecule has 0 fully saturated rings. The van der Waals surface area contributed by atoms with Crippen molar-refractivity contribution in [3.8, 4) is 11.3 Å². The summed E-state index contributed by atoms with van der Waals surface area (Å²) < 4.78 is 0.850. The normalized spacial score (nSPS) is 12.8. The number of carbonyl (C=O) groups is 1. The van der Waals surface area contributed by atoms with Gasteiger partial charge in [0, 0.05) is 42.8 Å². The number of benzene rings is 1. The van der Waals surface area contributed by atoms with Gasteiger partial charge in [0.1, 0.15) is 5.65 Å². The summed E-state index contributed by atoms with van der Waals surface area (Å²) in [4.78, 5) is 24.7. The van der Waals surface area contributed by atoms with Crippen molar-refractivity contribution in [3.63, 3.8) is 0 Å².